The Morgan fingerprint density at radius 2 is 0.723 bits per heavy atom. The molecule has 0 radical (unpaired) electrons. The third kappa shape index (κ3) is 17.6. The fourth-order valence-electron chi connectivity index (χ4n) is 8.18. The van der Waals surface area contributed by atoms with Gasteiger partial charge in [0.15, 0.2) is 0 Å². The molecule has 0 aliphatic rings. The zero-order chi connectivity index (χ0) is 50.3. The molecule has 1 N–H and O–H groups in total. The predicted octanol–water partition coefficient (Wildman–Crippen LogP) is 5.67. The van der Waals surface area contributed by atoms with Crippen LogP contribution in [0.1, 0.15) is 160 Å². The van der Waals surface area contributed by atoms with Crippen molar-refractivity contribution >= 4 is 70.5 Å². The number of esters is 5. The lowest BCUT2D eigenvalue weighted by Gasteiger charge is -2.38. The van der Waals surface area contributed by atoms with Crippen LogP contribution in [0.5, 0.6) is 0 Å². The Kier molecular flexibility index (Phi) is 25.8. The summed E-state index contributed by atoms with van der Waals surface area (Å²) in [4.78, 5) is 156. The molecule has 0 aliphatic carbocycles. The summed E-state index contributed by atoms with van der Waals surface area (Å²) >= 11 is 0. The zero-order valence-corrected chi connectivity index (χ0v) is 40.3. The van der Waals surface area contributed by atoms with Crippen LogP contribution in [0.3, 0.4) is 0 Å². The Bertz CT molecular complexity index is 1620. The number of rotatable bonds is 35. The van der Waals surface area contributed by atoms with Crippen LogP contribution in [-0.4, -0.2) is 109 Å². The summed E-state index contributed by atoms with van der Waals surface area (Å²) in [5.74, 6) is -11.4. The molecule has 2 unspecified atom stereocenters. The van der Waals surface area contributed by atoms with Gasteiger partial charge in [0.05, 0.1) is 47.9 Å². The molecule has 0 fully saturated rings. The molecule has 2 atom stereocenters. The van der Waals surface area contributed by atoms with Crippen molar-refractivity contribution in [2.24, 2.45) is 33.5 Å². The summed E-state index contributed by atoms with van der Waals surface area (Å²) < 4.78 is 26.8. The number of aliphatic carboxylic acids is 1. The molecule has 18 nitrogen and oxygen atoms in total. The smallest absolute Gasteiger partial charge is 0.308 e. The zero-order valence-electron chi connectivity index (χ0n) is 40.3. The van der Waals surface area contributed by atoms with Gasteiger partial charge in [0, 0.05) is 31.1 Å². The van der Waals surface area contributed by atoms with Gasteiger partial charge in [-0.25, -0.2) is 0 Å². The second kappa shape index (κ2) is 28.0. The highest BCUT2D eigenvalue weighted by Gasteiger charge is 2.49. The molecule has 368 valence electrons. The SMILES string of the molecule is CCOC(=O)CCC(CCC(=O)OCC(CC)(COC(=O)CCC(CCC(=O)OCC)(C(C)=O)C(C)=O)CC(CC(CC(CC)C(=O)O)(C(C)=O)C(C)=O)C(=O)OCC)(C(C)=O)C(C)=O. The number of hydrogen-bond donors (Lipinski definition) is 1. The van der Waals surface area contributed by atoms with Crippen LogP contribution in [0.4, 0.5) is 0 Å². The number of ketones is 6. The van der Waals surface area contributed by atoms with Crippen molar-refractivity contribution in [1.82, 2.24) is 0 Å². The fraction of sp³-hybridized carbons (Fsp3) is 0.745. The lowest BCUT2D eigenvalue weighted by atomic mass is 9.65. The topological polar surface area (TPSA) is 271 Å². The fourth-order valence-corrected chi connectivity index (χ4v) is 8.18. The molecule has 0 amide bonds. The molecule has 0 heterocycles. The maximum absolute atomic E-state index is 13.8. The normalized spacial score (nSPS) is 12.8. The Morgan fingerprint density at radius 1 is 0.415 bits per heavy atom. The van der Waals surface area contributed by atoms with E-state index in [0.717, 1.165) is 13.8 Å². The Morgan fingerprint density at radius 3 is 0.985 bits per heavy atom. The van der Waals surface area contributed by atoms with Crippen molar-refractivity contribution in [3.63, 3.8) is 0 Å². The molecule has 0 saturated heterocycles. The molecule has 0 rings (SSSR count). The molecular formula is C47H72O18. The molecule has 0 aromatic carbocycles. The average Bonchev–Trinajstić information content (AvgIpc) is 3.22. The average molecular weight is 925 g/mol. The molecule has 65 heavy (non-hydrogen) atoms. The van der Waals surface area contributed by atoms with Crippen molar-refractivity contribution in [2.75, 3.05) is 33.0 Å². The van der Waals surface area contributed by atoms with Gasteiger partial charge >= 0.3 is 35.8 Å². The highest BCUT2D eigenvalue weighted by Crippen LogP contribution is 2.43. The largest absolute Gasteiger partial charge is 0.481 e. The van der Waals surface area contributed by atoms with E-state index in [1.807, 2.05) is 0 Å². The third-order valence-electron chi connectivity index (χ3n) is 12.8. The Labute approximate surface area is 382 Å². The number of carboxylic acid groups (broad SMARTS) is 1. The van der Waals surface area contributed by atoms with Crippen LogP contribution < -0.4 is 0 Å². The van der Waals surface area contributed by atoms with Crippen LogP contribution in [-0.2, 0) is 81.2 Å². The van der Waals surface area contributed by atoms with E-state index >= 15 is 0 Å². The minimum absolute atomic E-state index is 0.0120. The highest BCUT2D eigenvalue weighted by atomic mass is 16.6. The van der Waals surface area contributed by atoms with E-state index in [9.17, 15) is 62.6 Å². The molecular weight excluding hydrogens is 852 g/mol. The first-order valence-electron chi connectivity index (χ1n) is 22.3. The molecule has 0 aromatic rings. The number of hydrogen-bond acceptors (Lipinski definition) is 17. The maximum Gasteiger partial charge on any atom is 0.308 e. The monoisotopic (exact) mass is 924 g/mol. The Balaban J connectivity index is 7.21. The van der Waals surface area contributed by atoms with Gasteiger partial charge in [0.25, 0.3) is 0 Å². The summed E-state index contributed by atoms with van der Waals surface area (Å²) in [5, 5.41) is 9.93. The second-order valence-electron chi connectivity index (χ2n) is 16.9. The molecule has 0 aliphatic heterocycles. The summed E-state index contributed by atoms with van der Waals surface area (Å²) in [5.41, 5.74) is -6.90. The summed E-state index contributed by atoms with van der Waals surface area (Å²) in [7, 11) is 0. The van der Waals surface area contributed by atoms with Gasteiger partial charge in [-0.1, -0.05) is 13.8 Å². The summed E-state index contributed by atoms with van der Waals surface area (Å²) in [6.07, 6.45) is -3.87. The quantitative estimate of drug-likeness (QED) is 0.0455. The summed E-state index contributed by atoms with van der Waals surface area (Å²) in [6.45, 7) is 13.7. The van der Waals surface area contributed by atoms with E-state index in [-0.39, 0.29) is 77.6 Å². The van der Waals surface area contributed by atoms with Crippen LogP contribution in [0.2, 0.25) is 0 Å². The third-order valence-corrected chi connectivity index (χ3v) is 12.8. The lowest BCUT2D eigenvalue weighted by Crippen LogP contribution is -2.45. The van der Waals surface area contributed by atoms with Crippen LogP contribution in [0.25, 0.3) is 0 Å². The van der Waals surface area contributed by atoms with Gasteiger partial charge in [0.1, 0.15) is 47.9 Å². The van der Waals surface area contributed by atoms with Crippen molar-refractivity contribution in [2.45, 2.75) is 160 Å². The predicted molar refractivity (Wildman–Crippen MR) is 232 cm³/mol. The molecule has 0 bridgehead atoms. The van der Waals surface area contributed by atoms with E-state index in [4.69, 9.17) is 23.7 Å². The van der Waals surface area contributed by atoms with E-state index in [0.29, 0.717) is 0 Å². The van der Waals surface area contributed by atoms with Crippen molar-refractivity contribution in [3.05, 3.63) is 0 Å². The number of Topliss-reactive ketones (excluding diaryl/α,β-unsaturated/α-hetero) is 6. The lowest BCUT2D eigenvalue weighted by molar-refractivity contribution is -0.159. The minimum atomic E-state index is -1.97. The van der Waals surface area contributed by atoms with Gasteiger partial charge in [-0.05, 0) is 120 Å². The maximum atomic E-state index is 13.8. The second-order valence-corrected chi connectivity index (χ2v) is 16.9. The Hall–Kier alpha value is -5.16. The van der Waals surface area contributed by atoms with E-state index < -0.39 is 143 Å². The van der Waals surface area contributed by atoms with Gasteiger partial charge in [-0.2, -0.15) is 0 Å². The van der Waals surface area contributed by atoms with Gasteiger partial charge < -0.3 is 28.8 Å². The van der Waals surface area contributed by atoms with Gasteiger partial charge in [-0.3, -0.25) is 57.5 Å². The molecule has 0 saturated carbocycles. The highest BCUT2D eigenvalue weighted by molar-refractivity contribution is 6.07. The van der Waals surface area contributed by atoms with Crippen LogP contribution >= 0.6 is 0 Å². The first-order valence-corrected chi connectivity index (χ1v) is 22.3. The van der Waals surface area contributed by atoms with Crippen molar-refractivity contribution < 1.29 is 86.3 Å². The number of carboxylic acids is 1. The van der Waals surface area contributed by atoms with Crippen LogP contribution in [0, 0.1) is 33.5 Å². The molecule has 18 heteroatoms. The number of carbonyl (C=O) groups is 12. The van der Waals surface area contributed by atoms with Gasteiger partial charge in [-0.15, -0.1) is 0 Å². The molecule has 0 aromatic heterocycles. The van der Waals surface area contributed by atoms with Crippen LogP contribution in [0.15, 0.2) is 0 Å². The number of ether oxygens (including phenoxy) is 5. The number of carbonyl (C=O) groups excluding carboxylic acids is 11. The van der Waals surface area contributed by atoms with E-state index in [2.05, 4.69) is 0 Å². The van der Waals surface area contributed by atoms with Crippen molar-refractivity contribution in [1.29, 1.82) is 0 Å². The minimum Gasteiger partial charge on any atom is -0.481 e. The summed E-state index contributed by atoms with van der Waals surface area (Å²) in [6, 6.07) is 0. The first-order chi connectivity index (χ1) is 30.2. The van der Waals surface area contributed by atoms with E-state index in [1.165, 1.54) is 34.6 Å². The van der Waals surface area contributed by atoms with Gasteiger partial charge in [0.2, 0.25) is 0 Å². The van der Waals surface area contributed by atoms with Crippen molar-refractivity contribution in [3.8, 4) is 0 Å². The first kappa shape index (κ1) is 59.8. The standard InChI is InChI=1S/C47H72O18/c1-12-36(42(58)59)26-47(34(10)52,35(11)53)27-37(43(60)63-16-5)25-44(13-2,28-64-40(56)19-23-45(30(6)48,31(7)49)21-17-38(54)61-14-3)29-65-41(57)20-24-46(32(8)50,33(9)51)22-18-39(55)62-15-4/h36-37H,12-29H2,1-11H3,(H,58,59). The molecule has 0 spiro atoms. The van der Waals surface area contributed by atoms with E-state index in [1.54, 1.807) is 27.7 Å².